The molecule has 3 rings (SSSR count). The summed E-state index contributed by atoms with van der Waals surface area (Å²) in [5.74, 6) is -0.591. The molecule has 1 aliphatic heterocycles. The first-order valence-electron chi connectivity index (χ1n) is 6.10. The molecule has 2 fully saturated rings. The topological polar surface area (TPSA) is 97.5 Å². The molecule has 1 aliphatic carbocycles. The number of ether oxygens (including phenoxy) is 1. The zero-order valence-electron chi connectivity index (χ0n) is 10.2. The summed E-state index contributed by atoms with van der Waals surface area (Å²) in [6, 6.07) is 3.13. The van der Waals surface area contributed by atoms with Crippen molar-refractivity contribution in [3.63, 3.8) is 0 Å². The Balaban J connectivity index is 1.64. The van der Waals surface area contributed by atoms with E-state index in [1.807, 2.05) is 0 Å². The number of anilines is 1. The Morgan fingerprint density at radius 1 is 1.47 bits per heavy atom. The zero-order chi connectivity index (χ0) is 13.4. The Morgan fingerprint density at radius 3 is 3.00 bits per heavy atom. The van der Waals surface area contributed by atoms with Gasteiger partial charge in [0.05, 0.1) is 30.6 Å². The molecule has 7 nitrogen and oxygen atoms in total. The maximum atomic E-state index is 12.1. The van der Waals surface area contributed by atoms with Crippen LogP contribution in [0, 0.1) is 0 Å². The maximum absolute atomic E-state index is 12.1. The lowest BCUT2D eigenvalue weighted by Crippen LogP contribution is -2.43. The van der Waals surface area contributed by atoms with Gasteiger partial charge in [0.2, 0.25) is 0 Å². The fraction of sp³-hybridized carbons (Fsp3) is 0.417. The molecule has 1 aromatic rings. The Hall–Kier alpha value is -2.15. The van der Waals surface area contributed by atoms with Gasteiger partial charge in [0, 0.05) is 6.54 Å². The molecule has 2 aliphatic rings. The number of nitrogens with zero attached hydrogens (tertiary/aromatic N) is 2. The standard InChI is InChI=1S/C12H14N4O3/c13-11(17)8-2-1-7(6-14-8)15-12(18)16-3-4-19-10-5-9(10)16/h1-2,6,9-10H,3-5H2,(H2,13,17)(H,15,18). The lowest BCUT2D eigenvalue weighted by molar-refractivity contribution is 0.0483. The fourth-order valence-electron chi connectivity index (χ4n) is 2.20. The lowest BCUT2D eigenvalue weighted by atomic mass is 10.3. The highest BCUT2D eigenvalue weighted by Gasteiger charge is 2.47. The summed E-state index contributed by atoms with van der Waals surface area (Å²) in [5, 5.41) is 2.75. The first kappa shape index (κ1) is 11.9. The van der Waals surface area contributed by atoms with Crippen LogP contribution in [-0.4, -0.2) is 47.1 Å². The van der Waals surface area contributed by atoms with Gasteiger partial charge in [-0.05, 0) is 18.6 Å². The Labute approximate surface area is 109 Å². The van der Waals surface area contributed by atoms with Crippen LogP contribution in [-0.2, 0) is 4.74 Å². The number of nitrogens with one attached hydrogen (secondary N) is 1. The third kappa shape index (κ3) is 2.37. The Bertz CT molecular complexity index is 516. The van der Waals surface area contributed by atoms with Gasteiger partial charge in [-0.2, -0.15) is 0 Å². The predicted octanol–water partition coefficient (Wildman–Crippen LogP) is 0.185. The molecule has 1 aromatic heterocycles. The van der Waals surface area contributed by atoms with E-state index in [0.29, 0.717) is 18.8 Å². The van der Waals surface area contributed by atoms with Crippen LogP contribution in [0.3, 0.4) is 0 Å². The molecule has 2 heterocycles. The van der Waals surface area contributed by atoms with E-state index < -0.39 is 5.91 Å². The smallest absolute Gasteiger partial charge is 0.322 e. The molecule has 0 aromatic carbocycles. The third-order valence-electron chi connectivity index (χ3n) is 3.29. The van der Waals surface area contributed by atoms with Crippen molar-refractivity contribution in [2.45, 2.75) is 18.6 Å². The summed E-state index contributed by atoms with van der Waals surface area (Å²) in [4.78, 5) is 28.6. The molecule has 2 atom stereocenters. The van der Waals surface area contributed by atoms with E-state index in [2.05, 4.69) is 10.3 Å². The van der Waals surface area contributed by atoms with Crippen molar-refractivity contribution in [3.05, 3.63) is 24.0 Å². The number of hydrogen-bond donors (Lipinski definition) is 2. The summed E-state index contributed by atoms with van der Waals surface area (Å²) < 4.78 is 5.44. The average molecular weight is 262 g/mol. The van der Waals surface area contributed by atoms with Crippen molar-refractivity contribution in [2.24, 2.45) is 5.73 Å². The van der Waals surface area contributed by atoms with Gasteiger partial charge in [-0.25, -0.2) is 9.78 Å². The van der Waals surface area contributed by atoms with E-state index in [1.165, 1.54) is 12.3 Å². The molecule has 1 saturated carbocycles. The highest BCUT2D eigenvalue weighted by molar-refractivity contribution is 5.92. The molecule has 0 spiro atoms. The SMILES string of the molecule is NC(=O)c1ccc(NC(=O)N2CCOC3CC32)cn1. The van der Waals surface area contributed by atoms with Crippen molar-refractivity contribution >= 4 is 17.6 Å². The first-order valence-corrected chi connectivity index (χ1v) is 6.10. The van der Waals surface area contributed by atoms with Crippen molar-refractivity contribution in [2.75, 3.05) is 18.5 Å². The average Bonchev–Trinajstić information content (AvgIpc) is 3.18. The zero-order valence-corrected chi connectivity index (χ0v) is 10.2. The number of fused-ring (bicyclic) bond motifs is 1. The van der Waals surface area contributed by atoms with Crippen LogP contribution >= 0.6 is 0 Å². The van der Waals surface area contributed by atoms with Crippen molar-refractivity contribution in [1.82, 2.24) is 9.88 Å². The number of morpholine rings is 1. The molecule has 100 valence electrons. The largest absolute Gasteiger partial charge is 0.374 e. The van der Waals surface area contributed by atoms with Crippen LogP contribution < -0.4 is 11.1 Å². The van der Waals surface area contributed by atoms with E-state index in [1.54, 1.807) is 11.0 Å². The molecule has 3 N–H and O–H groups in total. The number of aromatic nitrogens is 1. The summed E-state index contributed by atoms with van der Waals surface area (Å²) >= 11 is 0. The summed E-state index contributed by atoms with van der Waals surface area (Å²) in [6.45, 7) is 1.17. The van der Waals surface area contributed by atoms with Crippen LogP contribution in [0.15, 0.2) is 18.3 Å². The van der Waals surface area contributed by atoms with Crippen LogP contribution in [0.2, 0.25) is 0 Å². The van der Waals surface area contributed by atoms with Crippen LogP contribution in [0.1, 0.15) is 16.9 Å². The number of urea groups is 1. The van der Waals surface area contributed by atoms with Gasteiger partial charge >= 0.3 is 6.03 Å². The second kappa shape index (κ2) is 4.51. The number of carbonyl (C=O) groups is 2. The van der Waals surface area contributed by atoms with E-state index in [9.17, 15) is 9.59 Å². The van der Waals surface area contributed by atoms with Crippen LogP contribution in [0.25, 0.3) is 0 Å². The summed E-state index contributed by atoms with van der Waals surface area (Å²) in [6.07, 6.45) is 2.53. The molecular formula is C12H14N4O3. The lowest BCUT2D eigenvalue weighted by Gasteiger charge is -2.26. The number of carbonyl (C=O) groups excluding carboxylic acids is 2. The van der Waals surface area contributed by atoms with E-state index >= 15 is 0 Å². The van der Waals surface area contributed by atoms with E-state index in [4.69, 9.17) is 10.5 Å². The monoisotopic (exact) mass is 262 g/mol. The maximum Gasteiger partial charge on any atom is 0.322 e. The van der Waals surface area contributed by atoms with Gasteiger partial charge in [-0.15, -0.1) is 0 Å². The number of nitrogens with two attached hydrogens (primary N) is 1. The van der Waals surface area contributed by atoms with E-state index in [0.717, 1.165) is 6.42 Å². The van der Waals surface area contributed by atoms with E-state index in [-0.39, 0.29) is 23.9 Å². The number of hydrogen-bond acceptors (Lipinski definition) is 4. The second-order valence-corrected chi connectivity index (χ2v) is 4.63. The second-order valence-electron chi connectivity index (χ2n) is 4.63. The molecule has 3 amide bonds. The number of primary amides is 1. The quantitative estimate of drug-likeness (QED) is 0.794. The van der Waals surface area contributed by atoms with Crippen LogP contribution in [0.4, 0.5) is 10.5 Å². The normalized spacial score (nSPS) is 24.5. The summed E-state index contributed by atoms with van der Waals surface area (Å²) in [7, 11) is 0. The number of pyridine rings is 1. The molecule has 0 bridgehead atoms. The Kier molecular flexibility index (Phi) is 2.83. The highest BCUT2D eigenvalue weighted by atomic mass is 16.5. The van der Waals surface area contributed by atoms with Gasteiger partial charge in [0.25, 0.3) is 5.91 Å². The molecule has 0 radical (unpaired) electrons. The molecule has 1 saturated heterocycles. The van der Waals surface area contributed by atoms with Crippen LogP contribution in [0.5, 0.6) is 0 Å². The third-order valence-corrected chi connectivity index (χ3v) is 3.29. The molecule has 19 heavy (non-hydrogen) atoms. The van der Waals surface area contributed by atoms with Crippen molar-refractivity contribution in [3.8, 4) is 0 Å². The minimum Gasteiger partial charge on any atom is -0.374 e. The van der Waals surface area contributed by atoms with Gasteiger partial charge in [-0.1, -0.05) is 0 Å². The van der Waals surface area contributed by atoms with Crippen molar-refractivity contribution in [1.29, 1.82) is 0 Å². The summed E-state index contributed by atoms with van der Waals surface area (Å²) in [5.41, 5.74) is 5.81. The molecule has 7 heteroatoms. The van der Waals surface area contributed by atoms with Crippen molar-refractivity contribution < 1.29 is 14.3 Å². The number of rotatable bonds is 2. The highest BCUT2D eigenvalue weighted by Crippen LogP contribution is 2.34. The van der Waals surface area contributed by atoms with Gasteiger partial charge in [0.15, 0.2) is 0 Å². The number of amides is 3. The molecule has 2 unspecified atom stereocenters. The predicted molar refractivity (Wildman–Crippen MR) is 66.6 cm³/mol. The molecular weight excluding hydrogens is 248 g/mol. The van der Waals surface area contributed by atoms with Gasteiger partial charge in [0.1, 0.15) is 5.69 Å². The van der Waals surface area contributed by atoms with Gasteiger partial charge < -0.3 is 20.7 Å². The first-order chi connectivity index (χ1) is 9.15. The minimum atomic E-state index is -0.591. The fourth-order valence-corrected chi connectivity index (χ4v) is 2.20. The Morgan fingerprint density at radius 2 is 2.32 bits per heavy atom. The minimum absolute atomic E-state index is 0.163. The van der Waals surface area contributed by atoms with Gasteiger partial charge in [-0.3, -0.25) is 4.79 Å².